The van der Waals surface area contributed by atoms with E-state index in [2.05, 4.69) is 40.6 Å². The van der Waals surface area contributed by atoms with Crippen LogP contribution in [0, 0.1) is 0 Å². The van der Waals surface area contributed by atoms with Crippen molar-refractivity contribution >= 4 is 0 Å². The van der Waals surface area contributed by atoms with Crippen LogP contribution in [0.5, 0.6) is 0 Å². The SMILES string of the molecule is CC(C)(C)c1coc([C@@H]2COCCN2Cc2ncc[nH]2)n1. The Kier molecular flexibility index (Phi) is 3.82. The van der Waals surface area contributed by atoms with E-state index in [-0.39, 0.29) is 11.5 Å². The summed E-state index contributed by atoms with van der Waals surface area (Å²) < 4.78 is 11.3. The van der Waals surface area contributed by atoms with E-state index in [9.17, 15) is 0 Å². The molecule has 3 rings (SSSR count). The zero-order chi connectivity index (χ0) is 14.9. The molecule has 1 saturated heterocycles. The largest absolute Gasteiger partial charge is 0.447 e. The van der Waals surface area contributed by atoms with E-state index < -0.39 is 0 Å². The first kappa shape index (κ1) is 14.3. The number of ether oxygens (including phenoxy) is 1. The molecule has 0 radical (unpaired) electrons. The molecule has 0 aromatic carbocycles. The van der Waals surface area contributed by atoms with Crippen LogP contribution in [0.2, 0.25) is 0 Å². The van der Waals surface area contributed by atoms with Crippen LogP contribution in [-0.2, 0) is 16.7 Å². The van der Waals surface area contributed by atoms with Crippen molar-refractivity contribution in [2.75, 3.05) is 19.8 Å². The third-order valence-electron chi connectivity index (χ3n) is 3.72. The number of aromatic amines is 1. The molecular formula is C15H22N4O2. The van der Waals surface area contributed by atoms with Gasteiger partial charge in [-0.3, -0.25) is 4.90 Å². The fraction of sp³-hybridized carbons (Fsp3) is 0.600. The first-order chi connectivity index (χ1) is 10.0. The summed E-state index contributed by atoms with van der Waals surface area (Å²) in [5.41, 5.74) is 0.962. The van der Waals surface area contributed by atoms with Crippen molar-refractivity contribution in [3.8, 4) is 0 Å². The van der Waals surface area contributed by atoms with Crippen molar-refractivity contribution in [2.24, 2.45) is 0 Å². The van der Waals surface area contributed by atoms with Gasteiger partial charge in [0.15, 0.2) is 0 Å². The normalized spacial score (nSPS) is 20.8. The van der Waals surface area contributed by atoms with Gasteiger partial charge in [-0.05, 0) is 0 Å². The number of H-pyrrole nitrogens is 1. The van der Waals surface area contributed by atoms with Crippen molar-refractivity contribution in [3.63, 3.8) is 0 Å². The molecule has 3 heterocycles. The predicted molar refractivity (Wildman–Crippen MR) is 77.8 cm³/mol. The van der Waals surface area contributed by atoms with Crippen LogP contribution in [0.1, 0.15) is 44.2 Å². The lowest BCUT2D eigenvalue weighted by Crippen LogP contribution is -2.39. The summed E-state index contributed by atoms with van der Waals surface area (Å²) in [6, 6.07) is 0.0416. The minimum atomic E-state index is -0.0108. The van der Waals surface area contributed by atoms with Crippen LogP contribution in [0.25, 0.3) is 0 Å². The van der Waals surface area contributed by atoms with Crippen molar-refractivity contribution in [1.29, 1.82) is 0 Å². The number of morpholine rings is 1. The van der Waals surface area contributed by atoms with E-state index in [1.807, 2.05) is 6.20 Å². The van der Waals surface area contributed by atoms with Crippen LogP contribution in [-0.4, -0.2) is 39.6 Å². The highest BCUT2D eigenvalue weighted by atomic mass is 16.5. The molecule has 6 nitrogen and oxygen atoms in total. The molecule has 0 amide bonds. The fourth-order valence-electron chi connectivity index (χ4n) is 2.42. The molecule has 0 aliphatic carbocycles. The molecule has 0 spiro atoms. The Morgan fingerprint density at radius 3 is 2.95 bits per heavy atom. The van der Waals surface area contributed by atoms with Gasteiger partial charge in [0, 0.05) is 24.4 Å². The maximum Gasteiger partial charge on any atom is 0.214 e. The maximum atomic E-state index is 5.72. The lowest BCUT2D eigenvalue weighted by atomic mass is 9.93. The molecule has 0 saturated carbocycles. The highest BCUT2D eigenvalue weighted by molar-refractivity contribution is 5.10. The summed E-state index contributed by atoms with van der Waals surface area (Å²) >= 11 is 0. The summed E-state index contributed by atoms with van der Waals surface area (Å²) in [6.07, 6.45) is 5.37. The van der Waals surface area contributed by atoms with Gasteiger partial charge in [-0.1, -0.05) is 20.8 Å². The van der Waals surface area contributed by atoms with Crippen molar-refractivity contribution in [2.45, 2.75) is 38.8 Å². The third kappa shape index (κ3) is 3.16. The Balaban J connectivity index is 1.79. The monoisotopic (exact) mass is 290 g/mol. The minimum Gasteiger partial charge on any atom is -0.447 e. The second-order valence-electron chi connectivity index (χ2n) is 6.42. The second kappa shape index (κ2) is 5.61. The molecule has 2 aromatic heterocycles. The van der Waals surface area contributed by atoms with Gasteiger partial charge in [0.2, 0.25) is 5.89 Å². The lowest BCUT2D eigenvalue weighted by Gasteiger charge is -2.32. The zero-order valence-corrected chi connectivity index (χ0v) is 12.8. The van der Waals surface area contributed by atoms with Crippen molar-refractivity contribution in [1.82, 2.24) is 19.9 Å². The molecule has 1 N–H and O–H groups in total. The van der Waals surface area contributed by atoms with Gasteiger partial charge < -0.3 is 14.1 Å². The van der Waals surface area contributed by atoms with Crippen molar-refractivity contribution in [3.05, 3.63) is 36.1 Å². The fourth-order valence-corrected chi connectivity index (χ4v) is 2.42. The Hall–Kier alpha value is -1.66. The van der Waals surface area contributed by atoms with E-state index in [4.69, 9.17) is 9.15 Å². The Bertz CT molecular complexity index is 571. The number of nitrogens with zero attached hydrogens (tertiary/aromatic N) is 3. The highest BCUT2D eigenvalue weighted by Crippen LogP contribution is 2.28. The summed E-state index contributed by atoms with van der Waals surface area (Å²) in [4.78, 5) is 14.4. The molecule has 0 unspecified atom stereocenters. The van der Waals surface area contributed by atoms with Crippen LogP contribution in [0.4, 0.5) is 0 Å². The summed E-state index contributed by atoms with van der Waals surface area (Å²) in [5, 5.41) is 0. The van der Waals surface area contributed by atoms with E-state index in [1.54, 1.807) is 12.5 Å². The number of nitrogens with one attached hydrogen (secondary N) is 1. The molecule has 1 fully saturated rings. The van der Waals surface area contributed by atoms with Gasteiger partial charge in [0.05, 0.1) is 25.5 Å². The van der Waals surface area contributed by atoms with Gasteiger partial charge in [0.1, 0.15) is 18.1 Å². The van der Waals surface area contributed by atoms with E-state index in [0.29, 0.717) is 6.61 Å². The molecule has 6 heteroatoms. The van der Waals surface area contributed by atoms with Crippen LogP contribution < -0.4 is 0 Å². The second-order valence-corrected chi connectivity index (χ2v) is 6.42. The quantitative estimate of drug-likeness (QED) is 0.939. The van der Waals surface area contributed by atoms with Crippen LogP contribution in [0.3, 0.4) is 0 Å². The maximum absolute atomic E-state index is 5.72. The van der Waals surface area contributed by atoms with Crippen LogP contribution in [0.15, 0.2) is 23.1 Å². The van der Waals surface area contributed by atoms with E-state index in [0.717, 1.165) is 37.1 Å². The Morgan fingerprint density at radius 2 is 2.29 bits per heavy atom. The third-order valence-corrected chi connectivity index (χ3v) is 3.72. The minimum absolute atomic E-state index is 0.0108. The molecule has 0 bridgehead atoms. The molecule has 1 atom stereocenters. The first-order valence-corrected chi connectivity index (χ1v) is 7.30. The van der Waals surface area contributed by atoms with Gasteiger partial charge >= 0.3 is 0 Å². The topological polar surface area (TPSA) is 67.2 Å². The van der Waals surface area contributed by atoms with Gasteiger partial charge in [-0.25, -0.2) is 9.97 Å². The highest BCUT2D eigenvalue weighted by Gasteiger charge is 2.30. The average Bonchev–Trinajstić information content (AvgIpc) is 3.09. The smallest absolute Gasteiger partial charge is 0.214 e. The first-order valence-electron chi connectivity index (χ1n) is 7.30. The Morgan fingerprint density at radius 1 is 1.43 bits per heavy atom. The molecule has 114 valence electrons. The standard InChI is InChI=1S/C15H22N4O2/c1-15(2,3)12-10-21-14(18-12)11-9-20-7-6-19(11)8-13-16-4-5-17-13/h4-5,10-11H,6-9H2,1-3H3,(H,16,17)/t11-/m0/s1. The number of oxazole rings is 1. The molecule has 2 aromatic rings. The predicted octanol–water partition coefficient (Wildman–Crippen LogP) is 2.27. The van der Waals surface area contributed by atoms with Gasteiger partial charge in [-0.15, -0.1) is 0 Å². The average molecular weight is 290 g/mol. The number of hydrogen-bond donors (Lipinski definition) is 1. The molecule has 1 aliphatic rings. The molecule has 1 aliphatic heterocycles. The summed E-state index contributed by atoms with van der Waals surface area (Å²) in [6.45, 7) is 9.31. The summed E-state index contributed by atoms with van der Waals surface area (Å²) in [5.74, 6) is 1.68. The number of hydrogen-bond acceptors (Lipinski definition) is 5. The number of rotatable bonds is 3. The van der Waals surface area contributed by atoms with E-state index >= 15 is 0 Å². The zero-order valence-electron chi connectivity index (χ0n) is 12.8. The lowest BCUT2D eigenvalue weighted by molar-refractivity contribution is -0.0233. The number of imidazole rings is 1. The number of aromatic nitrogens is 3. The molecular weight excluding hydrogens is 268 g/mol. The van der Waals surface area contributed by atoms with Gasteiger partial charge in [-0.2, -0.15) is 0 Å². The summed E-state index contributed by atoms with van der Waals surface area (Å²) in [7, 11) is 0. The van der Waals surface area contributed by atoms with Gasteiger partial charge in [0.25, 0.3) is 0 Å². The molecule has 21 heavy (non-hydrogen) atoms. The van der Waals surface area contributed by atoms with Crippen molar-refractivity contribution < 1.29 is 9.15 Å². The van der Waals surface area contributed by atoms with Crippen LogP contribution >= 0.6 is 0 Å². The Labute approximate surface area is 124 Å². The van der Waals surface area contributed by atoms with E-state index in [1.165, 1.54) is 0 Å².